The van der Waals surface area contributed by atoms with Crippen LogP contribution >= 0.6 is 0 Å². The predicted molar refractivity (Wildman–Crippen MR) is 119 cm³/mol. The molecule has 0 nitrogen and oxygen atoms in total. The van der Waals surface area contributed by atoms with E-state index in [0.29, 0.717) is 0 Å². The van der Waals surface area contributed by atoms with Crippen molar-refractivity contribution < 1.29 is 58.9 Å². The van der Waals surface area contributed by atoms with Crippen LogP contribution in [0.25, 0.3) is 0 Å². The Bertz CT molecular complexity index is 719. The van der Waals surface area contributed by atoms with E-state index in [1.807, 2.05) is 0 Å². The number of allylic oxidation sites excluding steroid dienone is 4. The van der Waals surface area contributed by atoms with E-state index < -0.39 is 8.07 Å². The van der Waals surface area contributed by atoms with Crippen molar-refractivity contribution in [2.75, 3.05) is 0 Å². The van der Waals surface area contributed by atoms with Crippen LogP contribution in [0.2, 0.25) is 17.6 Å². The fourth-order valence-electron chi connectivity index (χ4n) is 7.58. The molecule has 0 N–H and O–H groups in total. The summed E-state index contributed by atoms with van der Waals surface area (Å²) in [4.78, 5) is 0. The molecule has 6 atom stereocenters. The third-order valence-corrected chi connectivity index (χ3v) is 14.8. The molecule has 5 rings (SSSR count). The molecule has 1 aromatic carbocycles. The third-order valence-electron chi connectivity index (χ3n) is 8.76. The number of benzene rings is 1. The molecule has 0 amide bonds. The fraction of sp³-hybridized carbons (Fsp3) is 0.577. The van der Waals surface area contributed by atoms with Crippen LogP contribution < -0.4 is 42.4 Å². The van der Waals surface area contributed by atoms with E-state index in [4.69, 9.17) is 0 Å². The summed E-state index contributed by atoms with van der Waals surface area (Å²) in [6, 6.07) is 11.9. The summed E-state index contributed by atoms with van der Waals surface area (Å²) in [6.45, 7) is 2.80. The molecular formula is C26H35Cl3SiTi. The quantitative estimate of drug-likeness (QED) is 0.305. The molecule has 0 aliphatic heterocycles. The average Bonchev–Trinajstić information content (AvgIpc) is 3.09. The van der Waals surface area contributed by atoms with Crippen LogP contribution in [0.4, 0.5) is 0 Å². The Kier molecular flexibility index (Phi) is 12.2. The minimum absolute atomic E-state index is 0. The van der Waals surface area contributed by atoms with Gasteiger partial charge in [-0.2, -0.15) is 12.3 Å². The first kappa shape index (κ1) is 29.5. The van der Waals surface area contributed by atoms with Crippen LogP contribution in [0, 0.1) is 30.1 Å². The van der Waals surface area contributed by atoms with Crippen molar-refractivity contribution in [2.45, 2.75) is 69.0 Å². The number of rotatable bonds is 3. The SMILES string of the molecule is C[Si](c1ccccc1)(C1CCCCC1)C1C2C=CC=CC2C2CCC[CH-]C21.[Cl-].[Cl-].[Cl-].[Ti+4]. The minimum atomic E-state index is -1.62. The molecule has 3 fully saturated rings. The second kappa shape index (κ2) is 12.8. The number of halogens is 3. The Morgan fingerprint density at radius 2 is 1.45 bits per heavy atom. The summed E-state index contributed by atoms with van der Waals surface area (Å²) in [5, 5.41) is 1.75. The molecule has 0 radical (unpaired) electrons. The zero-order chi connectivity index (χ0) is 18.3. The second-order valence-electron chi connectivity index (χ2n) is 9.84. The Morgan fingerprint density at radius 1 is 0.806 bits per heavy atom. The van der Waals surface area contributed by atoms with E-state index in [-0.39, 0.29) is 58.9 Å². The molecule has 31 heavy (non-hydrogen) atoms. The van der Waals surface area contributed by atoms with Crippen LogP contribution in [0.3, 0.4) is 0 Å². The van der Waals surface area contributed by atoms with Gasteiger partial charge in [-0.3, -0.25) is 0 Å². The van der Waals surface area contributed by atoms with Gasteiger partial charge in [-0.1, -0.05) is 123 Å². The van der Waals surface area contributed by atoms with Gasteiger partial charge < -0.3 is 43.6 Å². The maximum Gasteiger partial charge on any atom is 4.00 e. The van der Waals surface area contributed by atoms with Gasteiger partial charge in [0, 0.05) is 0 Å². The van der Waals surface area contributed by atoms with Crippen molar-refractivity contribution in [3.63, 3.8) is 0 Å². The zero-order valence-electron chi connectivity index (χ0n) is 18.5. The van der Waals surface area contributed by atoms with Crippen molar-refractivity contribution in [1.82, 2.24) is 0 Å². The van der Waals surface area contributed by atoms with Crippen LogP contribution in [-0.4, -0.2) is 8.07 Å². The third kappa shape index (κ3) is 5.28. The van der Waals surface area contributed by atoms with Gasteiger partial charge in [0.05, 0.1) is 8.07 Å². The maximum absolute atomic E-state index is 2.80. The van der Waals surface area contributed by atoms with Crippen molar-refractivity contribution in [2.24, 2.45) is 23.7 Å². The van der Waals surface area contributed by atoms with E-state index in [1.165, 1.54) is 51.4 Å². The van der Waals surface area contributed by atoms with Gasteiger partial charge in [0.2, 0.25) is 0 Å². The molecule has 0 aromatic heterocycles. The molecule has 168 valence electrons. The molecule has 6 unspecified atom stereocenters. The molecule has 0 spiro atoms. The minimum Gasteiger partial charge on any atom is -1.00 e. The first-order valence-electron chi connectivity index (χ1n) is 11.5. The van der Waals surface area contributed by atoms with E-state index in [9.17, 15) is 0 Å². The zero-order valence-corrected chi connectivity index (χ0v) is 23.4. The van der Waals surface area contributed by atoms with Crippen LogP contribution in [-0.2, 0) is 21.7 Å². The summed E-state index contributed by atoms with van der Waals surface area (Å²) in [5.41, 5.74) is 1.88. The second-order valence-corrected chi connectivity index (χ2v) is 14.5. The van der Waals surface area contributed by atoms with E-state index in [1.54, 1.807) is 5.19 Å². The van der Waals surface area contributed by atoms with Crippen LogP contribution in [0.15, 0.2) is 54.6 Å². The molecule has 3 saturated carbocycles. The number of fused-ring (bicyclic) bond motifs is 3. The Morgan fingerprint density at radius 3 is 2.13 bits per heavy atom. The largest absolute Gasteiger partial charge is 4.00 e. The average molecular weight is 530 g/mol. The van der Waals surface area contributed by atoms with Gasteiger partial charge >= 0.3 is 21.7 Å². The van der Waals surface area contributed by atoms with Crippen molar-refractivity contribution in [1.29, 1.82) is 0 Å². The van der Waals surface area contributed by atoms with Crippen LogP contribution in [0.5, 0.6) is 0 Å². The summed E-state index contributed by atoms with van der Waals surface area (Å²) >= 11 is 0. The van der Waals surface area contributed by atoms with E-state index in [0.717, 1.165) is 34.8 Å². The molecule has 4 aliphatic carbocycles. The summed E-state index contributed by atoms with van der Waals surface area (Å²) < 4.78 is 0. The standard InChI is InChI=1S/C26H35Si.3ClH.Ti/c1-27(20-12-4-2-5-13-20,21-14-6-3-7-15-21)26-24-18-10-8-16-22(24)23-17-9-11-19-25(23)26;;;;/h2,4-5,8,10,12-13,16,18-19,21-26H,3,6-7,9,11,14-15,17H2,1H3;3*1H;/q-1;;;;+4/p-3. The molecule has 4 aliphatic rings. The van der Waals surface area contributed by atoms with E-state index in [2.05, 4.69) is 67.6 Å². The van der Waals surface area contributed by atoms with Crippen molar-refractivity contribution in [3.05, 3.63) is 61.1 Å². The smallest absolute Gasteiger partial charge is 1.00 e. The number of hydrogen-bond donors (Lipinski definition) is 0. The van der Waals surface area contributed by atoms with Gasteiger partial charge in [-0.15, -0.1) is 0 Å². The first-order valence-corrected chi connectivity index (χ1v) is 14.2. The maximum atomic E-state index is 2.80. The summed E-state index contributed by atoms with van der Waals surface area (Å²) in [6.07, 6.45) is 24.3. The Balaban J connectivity index is 0.00000120. The Hall–Kier alpha value is 0.501. The summed E-state index contributed by atoms with van der Waals surface area (Å²) in [5.74, 6) is 3.37. The monoisotopic (exact) mass is 528 g/mol. The first-order chi connectivity index (χ1) is 13.3. The summed E-state index contributed by atoms with van der Waals surface area (Å²) in [7, 11) is -1.62. The number of hydrogen-bond acceptors (Lipinski definition) is 0. The van der Waals surface area contributed by atoms with Gasteiger partial charge in [0.15, 0.2) is 0 Å². The van der Waals surface area contributed by atoms with Gasteiger partial charge in [0.1, 0.15) is 0 Å². The molecular weight excluding hydrogens is 495 g/mol. The molecule has 0 heterocycles. The predicted octanol–water partition coefficient (Wildman–Crippen LogP) is -2.32. The topological polar surface area (TPSA) is 0 Å². The van der Waals surface area contributed by atoms with Gasteiger partial charge in [0.25, 0.3) is 0 Å². The molecule has 5 heteroatoms. The van der Waals surface area contributed by atoms with Crippen molar-refractivity contribution >= 4 is 13.3 Å². The molecule has 1 aromatic rings. The van der Waals surface area contributed by atoms with E-state index >= 15 is 0 Å². The van der Waals surface area contributed by atoms with Crippen LogP contribution in [0.1, 0.15) is 51.4 Å². The normalized spacial score (nSPS) is 33.3. The van der Waals surface area contributed by atoms with Gasteiger partial charge in [-0.25, -0.2) is 0 Å². The van der Waals surface area contributed by atoms with Gasteiger partial charge in [-0.05, 0) is 17.4 Å². The van der Waals surface area contributed by atoms with Crippen molar-refractivity contribution in [3.8, 4) is 0 Å². The Labute approximate surface area is 224 Å². The fourth-order valence-corrected chi connectivity index (χ4v) is 13.8. The molecule has 0 saturated heterocycles. The molecule has 0 bridgehead atoms.